The summed E-state index contributed by atoms with van der Waals surface area (Å²) in [5.74, 6) is 0.804. The molecule has 0 radical (unpaired) electrons. The van der Waals surface area contributed by atoms with Crippen LogP contribution in [0, 0.1) is 12.8 Å². The smallest absolute Gasteiger partial charge is 0.254 e. The molecule has 1 N–H and O–H groups in total. The topological polar surface area (TPSA) is 50.2 Å². The monoisotopic (exact) mass is 320 g/mol. The molecular weight excluding hydrogens is 288 g/mol. The molecular formula is C18H32N4O. The van der Waals surface area contributed by atoms with Crippen LogP contribution in [0.4, 0.5) is 0 Å². The molecule has 1 saturated carbocycles. The Morgan fingerprint density at radius 3 is 2.65 bits per heavy atom. The predicted octanol–water partition coefficient (Wildman–Crippen LogP) is 2.84. The number of carbonyl (C=O) groups is 1. The van der Waals surface area contributed by atoms with Crippen molar-refractivity contribution in [2.75, 3.05) is 20.6 Å². The van der Waals surface area contributed by atoms with Crippen LogP contribution >= 0.6 is 0 Å². The Bertz CT molecular complexity index is 527. The maximum absolute atomic E-state index is 12.6. The first kappa shape index (κ1) is 18.0. The second kappa shape index (κ2) is 7.47. The van der Waals surface area contributed by atoms with Crippen LogP contribution in [-0.4, -0.2) is 46.8 Å². The third-order valence-electron chi connectivity index (χ3n) is 5.51. The number of hydrogen-bond donors (Lipinski definition) is 1. The van der Waals surface area contributed by atoms with Crippen molar-refractivity contribution in [1.29, 1.82) is 0 Å². The van der Waals surface area contributed by atoms with E-state index in [0.29, 0.717) is 12.1 Å². The maximum Gasteiger partial charge on any atom is 0.254 e. The number of likely N-dealkylation sites (N-methyl/N-ethyl adjacent to an activating group) is 1. The van der Waals surface area contributed by atoms with Gasteiger partial charge >= 0.3 is 0 Å². The molecule has 0 spiro atoms. The van der Waals surface area contributed by atoms with Crippen molar-refractivity contribution in [3.05, 3.63) is 17.5 Å². The van der Waals surface area contributed by atoms with E-state index in [-0.39, 0.29) is 11.4 Å². The first-order valence-electron chi connectivity index (χ1n) is 8.87. The van der Waals surface area contributed by atoms with E-state index in [2.05, 4.69) is 43.3 Å². The summed E-state index contributed by atoms with van der Waals surface area (Å²) in [5, 5.41) is 7.50. The number of rotatable bonds is 6. The number of carbonyl (C=O) groups excluding carboxylic acids is 1. The molecule has 0 atom stereocenters. The zero-order chi connectivity index (χ0) is 17.0. The highest BCUT2D eigenvalue weighted by molar-refractivity contribution is 5.95. The summed E-state index contributed by atoms with van der Waals surface area (Å²) in [4.78, 5) is 14.9. The molecule has 0 bridgehead atoms. The van der Waals surface area contributed by atoms with E-state index in [4.69, 9.17) is 0 Å². The van der Waals surface area contributed by atoms with Gasteiger partial charge in [0.1, 0.15) is 0 Å². The summed E-state index contributed by atoms with van der Waals surface area (Å²) < 4.78 is 1.92. The average molecular weight is 320 g/mol. The Labute approximate surface area is 140 Å². The SMILES string of the molecule is CCCn1ncc(C(=O)NCC2(N(C)C)CCC(C)CC2)c1C. The lowest BCUT2D eigenvalue weighted by molar-refractivity contribution is 0.0719. The van der Waals surface area contributed by atoms with Gasteiger partial charge in [0, 0.05) is 24.3 Å². The first-order valence-corrected chi connectivity index (χ1v) is 8.87. The number of aryl methyl sites for hydroxylation is 1. The average Bonchev–Trinajstić information content (AvgIpc) is 2.88. The predicted molar refractivity (Wildman–Crippen MR) is 93.6 cm³/mol. The zero-order valence-corrected chi connectivity index (χ0v) is 15.4. The third-order valence-corrected chi connectivity index (χ3v) is 5.51. The van der Waals surface area contributed by atoms with E-state index < -0.39 is 0 Å². The Balaban J connectivity index is 2.02. The summed E-state index contributed by atoms with van der Waals surface area (Å²) in [6, 6.07) is 0. The number of aromatic nitrogens is 2. The van der Waals surface area contributed by atoms with Crippen LogP contribution < -0.4 is 5.32 Å². The Kier molecular flexibility index (Phi) is 5.84. The molecule has 0 aromatic carbocycles. The summed E-state index contributed by atoms with van der Waals surface area (Å²) in [7, 11) is 4.26. The largest absolute Gasteiger partial charge is 0.350 e. The fourth-order valence-electron chi connectivity index (χ4n) is 3.53. The molecule has 2 rings (SSSR count). The van der Waals surface area contributed by atoms with Crippen LogP contribution in [0.25, 0.3) is 0 Å². The van der Waals surface area contributed by atoms with Crippen LogP contribution in [0.3, 0.4) is 0 Å². The molecule has 0 aliphatic heterocycles. The van der Waals surface area contributed by atoms with E-state index >= 15 is 0 Å². The molecule has 1 fully saturated rings. The van der Waals surface area contributed by atoms with Gasteiger partial charge in [-0.1, -0.05) is 13.8 Å². The van der Waals surface area contributed by atoms with Crippen LogP contribution in [0.2, 0.25) is 0 Å². The van der Waals surface area contributed by atoms with Crippen molar-refractivity contribution in [2.45, 2.75) is 65.0 Å². The molecule has 23 heavy (non-hydrogen) atoms. The van der Waals surface area contributed by atoms with Gasteiger partial charge in [-0.3, -0.25) is 9.48 Å². The highest BCUT2D eigenvalue weighted by Gasteiger charge is 2.36. The van der Waals surface area contributed by atoms with Gasteiger partial charge in [0.2, 0.25) is 0 Å². The molecule has 5 heteroatoms. The maximum atomic E-state index is 12.6. The summed E-state index contributed by atoms with van der Waals surface area (Å²) in [5.41, 5.74) is 1.76. The summed E-state index contributed by atoms with van der Waals surface area (Å²) >= 11 is 0. The molecule has 1 aromatic heterocycles. The summed E-state index contributed by atoms with van der Waals surface area (Å²) in [6.45, 7) is 7.99. The van der Waals surface area contributed by atoms with Gasteiger partial charge in [0.25, 0.3) is 5.91 Å². The van der Waals surface area contributed by atoms with E-state index in [9.17, 15) is 4.79 Å². The van der Waals surface area contributed by atoms with Crippen molar-refractivity contribution in [2.24, 2.45) is 5.92 Å². The van der Waals surface area contributed by atoms with Crippen molar-refractivity contribution < 1.29 is 4.79 Å². The van der Waals surface area contributed by atoms with Gasteiger partial charge in [-0.05, 0) is 59.0 Å². The fourth-order valence-corrected chi connectivity index (χ4v) is 3.53. The zero-order valence-electron chi connectivity index (χ0n) is 15.4. The highest BCUT2D eigenvalue weighted by Crippen LogP contribution is 2.34. The number of amides is 1. The van der Waals surface area contributed by atoms with Gasteiger partial charge in [-0.2, -0.15) is 5.10 Å². The van der Waals surface area contributed by atoms with Crippen molar-refractivity contribution in [3.8, 4) is 0 Å². The lowest BCUT2D eigenvalue weighted by Gasteiger charge is -2.44. The van der Waals surface area contributed by atoms with Crippen molar-refractivity contribution in [1.82, 2.24) is 20.0 Å². The van der Waals surface area contributed by atoms with Gasteiger partial charge in [-0.15, -0.1) is 0 Å². The minimum Gasteiger partial charge on any atom is -0.350 e. The summed E-state index contributed by atoms with van der Waals surface area (Å²) in [6.07, 6.45) is 7.49. The molecule has 1 amide bonds. The van der Waals surface area contributed by atoms with Crippen LogP contribution in [0.15, 0.2) is 6.20 Å². The Morgan fingerprint density at radius 2 is 2.09 bits per heavy atom. The van der Waals surface area contributed by atoms with E-state index in [1.165, 1.54) is 12.8 Å². The van der Waals surface area contributed by atoms with E-state index in [1.807, 2.05) is 11.6 Å². The Hall–Kier alpha value is -1.36. The lowest BCUT2D eigenvalue weighted by Crippen LogP contribution is -2.54. The van der Waals surface area contributed by atoms with Crippen LogP contribution in [-0.2, 0) is 6.54 Å². The van der Waals surface area contributed by atoms with Crippen LogP contribution in [0.1, 0.15) is 62.0 Å². The fraction of sp³-hybridized carbons (Fsp3) is 0.778. The van der Waals surface area contributed by atoms with E-state index in [0.717, 1.165) is 37.4 Å². The molecule has 1 aliphatic carbocycles. The molecule has 130 valence electrons. The first-order chi connectivity index (χ1) is 10.9. The second-order valence-electron chi connectivity index (χ2n) is 7.35. The van der Waals surface area contributed by atoms with Gasteiger partial charge in [-0.25, -0.2) is 0 Å². The molecule has 1 aromatic rings. The van der Waals surface area contributed by atoms with Crippen molar-refractivity contribution in [3.63, 3.8) is 0 Å². The third kappa shape index (κ3) is 3.94. The van der Waals surface area contributed by atoms with Crippen LogP contribution in [0.5, 0.6) is 0 Å². The van der Waals surface area contributed by atoms with Crippen molar-refractivity contribution >= 4 is 5.91 Å². The standard InChI is InChI=1S/C18H32N4O/c1-6-11-22-15(3)16(12-20-22)17(23)19-13-18(21(4)5)9-7-14(2)8-10-18/h12,14H,6-11,13H2,1-5H3,(H,19,23). The molecule has 0 unspecified atom stereocenters. The van der Waals surface area contributed by atoms with Gasteiger partial charge in [0.15, 0.2) is 0 Å². The molecule has 1 heterocycles. The second-order valence-corrected chi connectivity index (χ2v) is 7.35. The lowest BCUT2D eigenvalue weighted by atomic mass is 9.76. The highest BCUT2D eigenvalue weighted by atomic mass is 16.1. The Morgan fingerprint density at radius 1 is 1.43 bits per heavy atom. The molecule has 1 aliphatic rings. The normalized spacial score (nSPS) is 24.9. The minimum absolute atomic E-state index is 0.00435. The van der Waals surface area contributed by atoms with E-state index in [1.54, 1.807) is 6.20 Å². The quantitative estimate of drug-likeness (QED) is 0.877. The van der Waals surface area contributed by atoms with Gasteiger partial charge < -0.3 is 10.2 Å². The van der Waals surface area contributed by atoms with Gasteiger partial charge in [0.05, 0.1) is 11.8 Å². The molecule has 5 nitrogen and oxygen atoms in total. The number of hydrogen-bond acceptors (Lipinski definition) is 3. The number of nitrogens with zero attached hydrogens (tertiary/aromatic N) is 3. The minimum atomic E-state index is 0.00435. The number of nitrogens with one attached hydrogen (secondary N) is 1. The molecule has 0 saturated heterocycles.